The van der Waals surface area contributed by atoms with Gasteiger partial charge in [-0.15, -0.1) is 0 Å². The number of anilines is 1. The number of hydrogen-bond acceptors (Lipinski definition) is 4. The Balaban J connectivity index is 1.68. The minimum atomic E-state index is -3.52. The molecule has 2 aromatic rings. The monoisotopic (exact) mass is 455 g/mol. The molecule has 156 valence electrons. The molecule has 1 saturated heterocycles. The number of pyridine rings is 1. The zero-order chi connectivity index (χ0) is 21.0. The lowest BCUT2D eigenvalue weighted by Crippen LogP contribution is -2.31. The molecule has 1 aliphatic rings. The molecule has 0 unspecified atom stereocenters. The number of carbonyl (C=O) groups excluding carboxylic acids is 1. The summed E-state index contributed by atoms with van der Waals surface area (Å²) in [5.74, 6) is -0.317. The van der Waals surface area contributed by atoms with Gasteiger partial charge >= 0.3 is 0 Å². The second-order valence-corrected chi connectivity index (χ2v) is 9.79. The van der Waals surface area contributed by atoms with Crippen molar-refractivity contribution in [1.29, 1.82) is 0 Å². The van der Waals surface area contributed by atoms with Gasteiger partial charge in [0, 0.05) is 35.1 Å². The van der Waals surface area contributed by atoms with Gasteiger partial charge in [0.15, 0.2) is 0 Å². The fraction of sp³-hybridized carbons (Fsp3) is 0.400. The number of aromatic nitrogens is 1. The summed E-state index contributed by atoms with van der Waals surface area (Å²) < 4.78 is 27.2. The van der Waals surface area contributed by atoms with Gasteiger partial charge in [0.2, 0.25) is 15.9 Å². The highest BCUT2D eigenvalue weighted by molar-refractivity contribution is 7.89. The molecule has 0 radical (unpaired) electrons. The van der Waals surface area contributed by atoms with Crippen LogP contribution < -0.4 is 5.32 Å². The van der Waals surface area contributed by atoms with E-state index in [-0.39, 0.29) is 22.4 Å². The van der Waals surface area contributed by atoms with Gasteiger partial charge in [0.1, 0.15) is 5.15 Å². The topological polar surface area (TPSA) is 79.4 Å². The highest BCUT2D eigenvalue weighted by Gasteiger charge is 2.25. The van der Waals surface area contributed by atoms with Crippen molar-refractivity contribution in [3.63, 3.8) is 0 Å². The van der Waals surface area contributed by atoms with E-state index in [4.69, 9.17) is 23.2 Å². The number of benzene rings is 1. The van der Waals surface area contributed by atoms with Gasteiger partial charge in [-0.3, -0.25) is 4.79 Å². The van der Waals surface area contributed by atoms with E-state index in [2.05, 4.69) is 10.3 Å². The minimum absolute atomic E-state index is 0.0290. The van der Waals surface area contributed by atoms with Crippen LogP contribution in [0.25, 0.3) is 0 Å². The number of hydrogen-bond donors (Lipinski definition) is 1. The predicted molar refractivity (Wildman–Crippen MR) is 115 cm³/mol. The van der Waals surface area contributed by atoms with E-state index in [0.717, 1.165) is 25.7 Å². The van der Waals surface area contributed by atoms with Gasteiger partial charge in [-0.05, 0) is 50.1 Å². The quantitative estimate of drug-likeness (QED) is 0.675. The first-order valence-corrected chi connectivity index (χ1v) is 11.7. The molecule has 0 saturated carbocycles. The lowest BCUT2D eigenvalue weighted by atomic mass is 10.2. The van der Waals surface area contributed by atoms with Crippen molar-refractivity contribution in [1.82, 2.24) is 9.29 Å². The molecule has 6 nitrogen and oxygen atoms in total. The van der Waals surface area contributed by atoms with Crippen LogP contribution in [0, 0.1) is 6.92 Å². The summed E-state index contributed by atoms with van der Waals surface area (Å²) in [5, 5.41) is 3.32. The lowest BCUT2D eigenvalue weighted by molar-refractivity contribution is -0.115. The number of nitrogens with one attached hydrogen (secondary N) is 1. The number of aryl methyl sites for hydroxylation is 1. The first kappa shape index (κ1) is 22.0. The number of halogens is 2. The highest BCUT2D eigenvalue weighted by atomic mass is 35.5. The molecule has 1 fully saturated rings. The van der Waals surface area contributed by atoms with E-state index in [0.29, 0.717) is 35.1 Å². The van der Waals surface area contributed by atoms with Crippen molar-refractivity contribution < 1.29 is 13.2 Å². The van der Waals surface area contributed by atoms with Crippen LogP contribution in [-0.4, -0.2) is 36.7 Å². The lowest BCUT2D eigenvalue weighted by Gasteiger charge is -2.20. The average Bonchev–Trinajstić information content (AvgIpc) is 2.95. The molecule has 0 aliphatic carbocycles. The van der Waals surface area contributed by atoms with E-state index < -0.39 is 10.0 Å². The van der Waals surface area contributed by atoms with Gasteiger partial charge < -0.3 is 5.32 Å². The summed E-state index contributed by atoms with van der Waals surface area (Å²) >= 11 is 12.3. The van der Waals surface area contributed by atoms with Crippen LogP contribution in [-0.2, 0) is 21.2 Å². The van der Waals surface area contributed by atoms with E-state index >= 15 is 0 Å². The molecule has 0 spiro atoms. The van der Waals surface area contributed by atoms with Gasteiger partial charge in [0.25, 0.3) is 0 Å². The molecule has 1 amide bonds. The average molecular weight is 456 g/mol. The van der Waals surface area contributed by atoms with Crippen LogP contribution in [0.4, 0.5) is 5.69 Å². The van der Waals surface area contributed by atoms with Crippen LogP contribution in [0.2, 0.25) is 10.2 Å². The number of amides is 1. The minimum Gasteiger partial charge on any atom is -0.326 e. The van der Waals surface area contributed by atoms with Crippen LogP contribution in [0.1, 0.15) is 36.9 Å². The zero-order valence-electron chi connectivity index (χ0n) is 16.1. The Bertz CT molecular complexity index is 964. The van der Waals surface area contributed by atoms with Crippen LogP contribution in [0.5, 0.6) is 0 Å². The SMILES string of the molecule is Cc1cc(Cl)c(CC(=O)Nc2ccc(S(=O)(=O)N3CCCCCC3)cc2)c(Cl)n1. The van der Waals surface area contributed by atoms with Crippen LogP contribution in [0.3, 0.4) is 0 Å². The van der Waals surface area contributed by atoms with Crippen molar-refractivity contribution >= 4 is 44.8 Å². The van der Waals surface area contributed by atoms with Gasteiger partial charge in [-0.1, -0.05) is 36.0 Å². The Morgan fingerprint density at radius 3 is 2.31 bits per heavy atom. The Morgan fingerprint density at radius 2 is 1.72 bits per heavy atom. The van der Waals surface area contributed by atoms with E-state index in [1.807, 2.05) is 0 Å². The first-order valence-electron chi connectivity index (χ1n) is 9.49. The third-order valence-electron chi connectivity index (χ3n) is 4.83. The van der Waals surface area contributed by atoms with Gasteiger partial charge in [0.05, 0.1) is 11.3 Å². The van der Waals surface area contributed by atoms with Gasteiger partial charge in [-0.25, -0.2) is 13.4 Å². The maximum Gasteiger partial charge on any atom is 0.243 e. The number of rotatable bonds is 5. The van der Waals surface area contributed by atoms with E-state index in [1.165, 1.54) is 12.1 Å². The van der Waals surface area contributed by atoms with Crippen molar-refractivity contribution in [2.75, 3.05) is 18.4 Å². The van der Waals surface area contributed by atoms with Crippen molar-refractivity contribution in [2.24, 2.45) is 0 Å². The van der Waals surface area contributed by atoms with Crippen LogP contribution >= 0.6 is 23.2 Å². The van der Waals surface area contributed by atoms with Crippen molar-refractivity contribution in [3.8, 4) is 0 Å². The molecule has 1 aromatic carbocycles. The smallest absolute Gasteiger partial charge is 0.243 e. The molecule has 1 aliphatic heterocycles. The molecular weight excluding hydrogens is 433 g/mol. The largest absolute Gasteiger partial charge is 0.326 e. The summed E-state index contributed by atoms with van der Waals surface area (Å²) in [5.41, 5.74) is 1.62. The maximum atomic E-state index is 12.8. The molecule has 3 rings (SSSR count). The second kappa shape index (κ2) is 9.43. The Morgan fingerprint density at radius 1 is 1.10 bits per heavy atom. The zero-order valence-corrected chi connectivity index (χ0v) is 18.4. The highest BCUT2D eigenvalue weighted by Crippen LogP contribution is 2.25. The normalized spacial score (nSPS) is 15.7. The molecule has 2 heterocycles. The number of nitrogens with zero attached hydrogens (tertiary/aromatic N) is 2. The van der Waals surface area contributed by atoms with Gasteiger partial charge in [-0.2, -0.15) is 4.31 Å². The second-order valence-electron chi connectivity index (χ2n) is 7.08. The fourth-order valence-electron chi connectivity index (χ4n) is 3.29. The molecule has 1 N–H and O–H groups in total. The standard InChI is InChI=1S/C20H23Cl2N3O3S/c1-14-12-18(21)17(20(22)23-14)13-19(26)24-15-6-8-16(9-7-15)29(27,28)25-10-4-2-3-5-11-25/h6-9,12H,2-5,10-11,13H2,1H3,(H,24,26). The number of carbonyl (C=O) groups is 1. The van der Waals surface area contributed by atoms with Crippen LogP contribution in [0.15, 0.2) is 35.2 Å². The Kier molecular flexibility index (Phi) is 7.16. The van der Waals surface area contributed by atoms with E-state index in [1.54, 1.807) is 29.4 Å². The predicted octanol–water partition coefficient (Wildman–Crippen LogP) is 4.44. The number of sulfonamides is 1. The molecule has 1 aromatic heterocycles. The molecular formula is C20H23Cl2N3O3S. The fourth-order valence-corrected chi connectivity index (χ4v) is 5.47. The maximum absolute atomic E-state index is 12.8. The molecule has 29 heavy (non-hydrogen) atoms. The third kappa shape index (κ3) is 5.48. The Labute approximate surface area is 181 Å². The first-order chi connectivity index (χ1) is 13.8. The van der Waals surface area contributed by atoms with Crippen molar-refractivity contribution in [3.05, 3.63) is 51.8 Å². The van der Waals surface area contributed by atoms with Crippen molar-refractivity contribution in [2.45, 2.75) is 43.9 Å². The van der Waals surface area contributed by atoms with E-state index in [9.17, 15) is 13.2 Å². The summed E-state index contributed by atoms with van der Waals surface area (Å²) in [6.45, 7) is 2.86. The molecule has 9 heteroatoms. The summed E-state index contributed by atoms with van der Waals surface area (Å²) in [6.07, 6.45) is 3.85. The summed E-state index contributed by atoms with van der Waals surface area (Å²) in [7, 11) is -3.52. The summed E-state index contributed by atoms with van der Waals surface area (Å²) in [4.78, 5) is 16.7. The molecule has 0 atom stereocenters. The molecule has 0 bridgehead atoms. The summed E-state index contributed by atoms with van der Waals surface area (Å²) in [6, 6.07) is 7.85. The Hall–Kier alpha value is -1.67. The third-order valence-corrected chi connectivity index (χ3v) is 7.39.